The number of hydrogen-bond acceptors (Lipinski definition) is 5. The van der Waals surface area contributed by atoms with Crippen molar-refractivity contribution >= 4 is 23.5 Å². The van der Waals surface area contributed by atoms with Crippen LogP contribution in [0.5, 0.6) is 11.5 Å². The molecule has 1 aromatic rings. The minimum atomic E-state index is -0.966. The second-order valence-corrected chi connectivity index (χ2v) is 5.85. The smallest absolute Gasteiger partial charge is 0.305 e. The normalized spacial score (nSPS) is 16.7. The van der Waals surface area contributed by atoms with Crippen molar-refractivity contribution in [2.45, 2.75) is 12.8 Å². The molecule has 1 aliphatic heterocycles. The van der Waals surface area contributed by atoms with Crippen molar-refractivity contribution in [3.63, 3.8) is 0 Å². The molecule has 0 bridgehead atoms. The lowest BCUT2D eigenvalue weighted by atomic mass is 10.1. The summed E-state index contributed by atoms with van der Waals surface area (Å²) in [6.07, 6.45) is -0.0373. The number of benzene rings is 1. The Balaban J connectivity index is 2.12. The summed E-state index contributed by atoms with van der Waals surface area (Å²) >= 11 is 0. The van der Waals surface area contributed by atoms with Gasteiger partial charge >= 0.3 is 5.97 Å². The van der Waals surface area contributed by atoms with E-state index in [1.807, 2.05) is 0 Å². The van der Waals surface area contributed by atoms with E-state index in [4.69, 9.17) is 14.6 Å². The van der Waals surface area contributed by atoms with Crippen LogP contribution in [0.2, 0.25) is 0 Å². The number of carbonyl (C=O) groups is 3. The van der Waals surface area contributed by atoms with Gasteiger partial charge in [-0.2, -0.15) is 0 Å². The number of carboxylic acids is 1. The van der Waals surface area contributed by atoms with E-state index in [0.717, 1.165) is 0 Å². The first-order valence-electron chi connectivity index (χ1n) is 7.86. The summed E-state index contributed by atoms with van der Waals surface area (Å²) in [5, 5.41) is 8.72. The first kappa shape index (κ1) is 18.6. The first-order chi connectivity index (χ1) is 11.9. The molecule has 1 atom stereocenters. The number of hydrogen-bond donors (Lipinski definition) is 1. The molecule has 2 amide bonds. The zero-order valence-electron chi connectivity index (χ0n) is 14.5. The molecular weight excluding hydrogens is 328 g/mol. The second-order valence-electron chi connectivity index (χ2n) is 5.85. The number of anilines is 1. The number of carbonyl (C=O) groups excluding carboxylic acids is 2. The molecular formula is C17H22N2O6. The van der Waals surface area contributed by atoms with Crippen LogP contribution in [-0.4, -0.2) is 62.1 Å². The van der Waals surface area contributed by atoms with Crippen molar-refractivity contribution in [3.8, 4) is 11.5 Å². The fourth-order valence-corrected chi connectivity index (χ4v) is 2.80. The van der Waals surface area contributed by atoms with E-state index in [9.17, 15) is 14.4 Å². The maximum absolute atomic E-state index is 12.4. The largest absolute Gasteiger partial charge is 0.497 e. The fourth-order valence-electron chi connectivity index (χ4n) is 2.80. The number of methoxy groups -OCH3 is 2. The zero-order valence-corrected chi connectivity index (χ0v) is 14.5. The van der Waals surface area contributed by atoms with Gasteiger partial charge in [-0.05, 0) is 12.1 Å². The number of nitrogens with zero attached hydrogens (tertiary/aromatic N) is 2. The van der Waals surface area contributed by atoms with Crippen LogP contribution in [-0.2, 0) is 14.4 Å². The van der Waals surface area contributed by atoms with Gasteiger partial charge < -0.3 is 24.4 Å². The van der Waals surface area contributed by atoms with Crippen molar-refractivity contribution in [1.29, 1.82) is 0 Å². The molecule has 1 N–H and O–H groups in total. The van der Waals surface area contributed by atoms with Gasteiger partial charge in [-0.3, -0.25) is 14.4 Å². The predicted octanol–water partition coefficient (Wildman–Crippen LogP) is 0.990. The molecule has 1 heterocycles. The molecule has 0 saturated carbocycles. The zero-order chi connectivity index (χ0) is 18.6. The van der Waals surface area contributed by atoms with Gasteiger partial charge in [0.2, 0.25) is 11.8 Å². The minimum absolute atomic E-state index is 0.0887. The SMILES string of the molecule is COc1ccc(N2C[C@@H](C(=O)N(C)CCC(=O)O)CC2=O)c(OC)c1. The average Bonchev–Trinajstić information content (AvgIpc) is 2.99. The van der Waals surface area contributed by atoms with E-state index >= 15 is 0 Å². The molecule has 1 saturated heterocycles. The molecule has 0 aliphatic carbocycles. The Morgan fingerprint density at radius 2 is 2.04 bits per heavy atom. The number of aliphatic carboxylic acids is 1. The Labute approximate surface area is 145 Å². The van der Waals surface area contributed by atoms with E-state index in [2.05, 4.69) is 0 Å². The van der Waals surface area contributed by atoms with Gasteiger partial charge in [-0.25, -0.2) is 0 Å². The molecule has 0 aromatic heterocycles. The van der Waals surface area contributed by atoms with Crippen LogP contribution in [0.1, 0.15) is 12.8 Å². The first-order valence-corrected chi connectivity index (χ1v) is 7.86. The minimum Gasteiger partial charge on any atom is -0.497 e. The van der Waals surface area contributed by atoms with Gasteiger partial charge in [0.25, 0.3) is 0 Å². The van der Waals surface area contributed by atoms with Crippen molar-refractivity contribution in [2.24, 2.45) is 5.92 Å². The van der Waals surface area contributed by atoms with Crippen molar-refractivity contribution in [2.75, 3.05) is 39.3 Å². The molecule has 0 radical (unpaired) electrons. The van der Waals surface area contributed by atoms with Crippen LogP contribution < -0.4 is 14.4 Å². The summed E-state index contributed by atoms with van der Waals surface area (Å²) in [6, 6.07) is 5.12. The molecule has 0 unspecified atom stereocenters. The highest BCUT2D eigenvalue weighted by Crippen LogP contribution is 2.36. The molecule has 1 aliphatic rings. The standard InChI is InChI=1S/C17H22N2O6/c1-18(7-6-16(21)22)17(23)11-8-15(20)19(10-11)13-5-4-12(24-2)9-14(13)25-3/h4-5,9,11H,6-8,10H2,1-3H3,(H,21,22)/t11-/m0/s1. The Hall–Kier alpha value is -2.77. The van der Waals surface area contributed by atoms with Crippen LogP contribution in [0.4, 0.5) is 5.69 Å². The molecule has 1 fully saturated rings. The van der Waals surface area contributed by atoms with Crippen molar-refractivity contribution in [3.05, 3.63) is 18.2 Å². The van der Waals surface area contributed by atoms with Gasteiger partial charge in [0.15, 0.2) is 0 Å². The monoisotopic (exact) mass is 350 g/mol. The quantitative estimate of drug-likeness (QED) is 0.788. The highest BCUT2D eigenvalue weighted by molar-refractivity contribution is 6.01. The third-order valence-electron chi connectivity index (χ3n) is 4.19. The average molecular weight is 350 g/mol. The fraction of sp³-hybridized carbons (Fsp3) is 0.471. The summed E-state index contributed by atoms with van der Waals surface area (Å²) in [6.45, 7) is 0.350. The Bertz CT molecular complexity index is 675. The lowest BCUT2D eigenvalue weighted by Gasteiger charge is -2.22. The number of ether oxygens (including phenoxy) is 2. The third-order valence-corrected chi connectivity index (χ3v) is 4.19. The van der Waals surface area contributed by atoms with Gasteiger partial charge in [0.1, 0.15) is 11.5 Å². The topological polar surface area (TPSA) is 96.4 Å². The van der Waals surface area contributed by atoms with Crippen LogP contribution in [0, 0.1) is 5.92 Å². The van der Waals surface area contributed by atoms with Crippen LogP contribution in [0.15, 0.2) is 18.2 Å². The summed E-state index contributed by atoms with van der Waals surface area (Å²) in [7, 11) is 4.59. The third kappa shape index (κ3) is 4.20. The highest BCUT2D eigenvalue weighted by Gasteiger charge is 2.37. The molecule has 25 heavy (non-hydrogen) atoms. The van der Waals surface area contributed by atoms with E-state index in [-0.39, 0.29) is 37.7 Å². The summed E-state index contributed by atoms with van der Waals surface area (Å²) < 4.78 is 10.5. The number of rotatable bonds is 7. The number of amides is 2. The molecule has 0 spiro atoms. The van der Waals surface area contributed by atoms with Gasteiger partial charge in [0.05, 0.1) is 32.2 Å². The summed E-state index contributed by atoms with van der Waals surface area (Å²) in [5.41, 5.74) is 0.580. The van der Waals surface area contributed by atoms with E-state index in [1.165, 1.54) is 24.0 Å². The molecule has 8 heteroatoms. The van der Waals surface area contributed by atoms with Crippen molar-refractivity contribution < 1.29 is 29.0 Å². The van der Waals surface area contributed by atoms with Crippen molar-refractivity contribution in [1.82, 2.24) is 4.90 Å². The highest BCUT2D eigenvalue weighted by atomic mass is 16.5. The van der Waals surface area contributed by atoms with E-state index in [1.54, 1.807) is 25.2 Å². The molecule has 8 nitrogen and oxygen atoms in total. The van der Waals surface area contributed by atoms with E-state index in [0.29, 0.717) is 17.2 Å². The maximum Gasteiger partial charge on any atom is 0.305 e. The van der Waals surface area contributed by atoms with Crippen LogP contribution >= 0.6 is 0 Å². The lowest BCUT2D eigenvalue weighted by Crippen LogP contribution is -2.36. The van der Waals surface area contributed by atoms with Crippen LogP contribution in [0.25, 0.3) is 0 Å². The Morgan fingerprint density at radius 1 is 1.32 bits per heavy atom. The summed E-state index contributed by atoms with van der Waals surface area (Å²) in [5.74, 6) is -0.781. The Kier molecular flexibility index (Phi) is 5.84. The van der Waals surface area contributed by atoms with Gasteiger partial charge in [-0.15, -0.1) is 0 Å². The predicted molar refractivity (Wildman–Crippen MR) is 89.9 cm³/mol. The molecule has 1 aromatic carbocycles. The Morgan fingerprint density at radius 3 is 2.64 bits per heavy atom. The van der Waals surface area contributed by atoms with Gasteiger partial charge in [0, 0.05) is 32.6 Å². The second kappa shape index (κ2) is 7.87. The molecule has 136 valence electrons. The molecule has 2 rings (SSSR count). The maximum atomic E-state index is 12.4. The van der Waals surface area contributed by atoms with Crippen LogP contribution in [0.3, 0.4) is 0 Å². The lowest BCUT2D eigenvalue weighted by molar-refractivity contribution is -0.139. The number of carboxylic acid groups (broad SMARTS) is 1. The van der Waals surface area contributed by atoms with Gasteiger partial charge in [-0.1, -0.05) is 0 Å². The summed E-state index contributed by atoms with van der Waals surface area (Å²) in [4.78, 5) is 38.3. The van der Waals surface area contributed by atoms with E-state index < -0.39 is 11.9 Å².